The van der Waals surface area contributed by atoms with Crippen LogP contribution in [0.4, 0.5) is 0 Å². The van der Waals surface area contributed by atoms with E-state index in [1.54, 1.807) is 0 Å². The molecule has 1 aromatic heterocycles. The SMILES string of the molecule is CCOC(=O)C1CCN(C(=O)c2c(C)c3cc(OCC)ccc3n2CC)CC1. The number of hydrogen-bond acceptors (Lipinski definition) is 4. The number of likely N-dealkylation sites (tertiary alicyclic amines) is 1. The van der Waals surface area contributed by atoms with Gasteiger partial charge in [0.25, 0.3) is 5.91 Å². The second-order valence-corrected chi connectivity index (χ2v) is 7.15. The molecule has 0 bridgehead atoms. The van der Waals surface area contributed by atoms with Gasteiger partial charge in [0, 0.05) is 30.5 Å². The molecule has 6 heteroatoms. The van der Waals surface area contributed by atoms with E-state index < -0.39 is 0 Å². The molecular weight excluding hydrogens is 356 g/mol. The Balaban J connectivity index is 1.85. The summed E-state index contributed by atoms with van der Waals surface area (Å²) in [5, 5.41) is 1.05. The number of hydrogen-bond donors (Lipinski definition) is 0. The minimum absolute atomic E-state index is 0.0378. The smallest absolute Gasteiger partial charge is 0.309 e. The molecule has 0 atom stereocenters. The van der Waals surface area contributed by atoms with Crippen molar-refractivity contribution < 1.29 is 19.1 Å². The van der Waals surface area contributed by atoms with Gasteiger partial charge in [-0.25, -0.2) is 0 Å². The second kappa shape index (κ2) is 8.67. The average molecular weight is 386 g/mol. The number of esters is 1. The highest BCUT2D eigenvalue weighted by Gasteiger charge is 2.31. The zero-order valence-corrected chi connectivity index (χ0v) is 17.3. The summed E-state index contributed by atoms with van der Waals surface area (Å²) in [7, 11) is 0. The van der Waals surface area contributed by atoms with E-state index in [0.29, 0.717) is 39.1 Å². The van der Waals surface area contributed by atoms with Crippen LogP contribution < -0.4 is 4.74 Å². The van der Waals surface area contributed by atoms with Gasteiger partial charge in [0.1, 0.15) is 11.4 Å². The van der Waals surface area contributed by atoms with Crippen molar-refractivity contribution in [1.82, 2.24) is 9.47 Å². The number of amides is 1. The van der Waals surface area contributed by atoms with Crippen molar-refractivity contribution in [3.05, 3.63) is 29.5 Å². The third-order valence-electron chi connectivity index (χ3n) is 5.52. The van der Waals surface area contributed by atoms with Crippen LogP contribution in [-0.4, -0.2) is 47.6 Å². The molecule has 2 heterocycles. The predicted molar refractivity (Wildman–Crippen MR) is 109 cm³/mol. The summed E-state index contributed by atoms with van der Waals surface area (Å²) in [5.74, 6) is 0.615. The van der Waals surface area contributed by atoms with E-state index in [1.807, 2.05) is 43.9 Å². The fourth-order valence-electron chi connectivity index (χ4n) is 4.09. The number of aryl methyl sites for hydroxylation is 2. The molecule has 3 rings (SSSR count). The van der Waals surface area contributed by atoms with Crippen molar-refractivity contribution >= 4 is 22.8 Å². The van der Waals surface area contributed by atoms with Crippen molar-refractivity contribution in [2.45, 2.75) is 47.1 Å². The molecule has 1 saturated heterocycles. The van der Waals surface area contributed by atoms with Crippen molar-refractivity contribution in [2.75, 3.05) is 26.3 Å². The lowest BCUT2D eigenvalue weighted by atomic mass is 9.96. The lowest BCUT2D eigenvalue weighted by Crippen LogP contribution is -2.41. The molecule has 0 saturated carbocycles. The van der Waals surface area contributed by atoms with Gasteiger partial charge in [0.05, 0.1) is 19.1 Å². The quantitative estimate of drug-likeness (QED) is 0.709. The molecule has 0 N–H and O–H groups in total. The van der Waals surface area contributed by atoms with Gasteiger partial charge in [0.15, 0.2) is 0 Å². The zero-order chi connectivity index (χ0) is 20.3. The van der Waals surface area contributed by atoms with E-state index in [1.165, 1.54) is 0 Å². The number of ether oxygens (including phenoxy) is 2. The Bertz CT molecular complexity index is 863. The van der Waals surface area contributed by atoms with Gasteiger partial charge in [0.2, 0.25) is 0 Å². The van der Waals surface area contributed by atoms with Crippen LogP contribution >= 0.6 is 0 Å². The molecule has 6 nitrogen and oxygen atoms in total. The Morgan fingerprint density at radius 2 is 1.82 bits per heavy atom. The van der Waals surface area contributed by atoms with Crippen LogP contribution in [0.5, 0.6) is 5.75 Å². The number of rotatable bonds is 6. The number of benzene rings is 1. The molecule has 0 aliphatic carbocycles. The maximum absolute atomic E-state index is 13.3. The third-order valence-corrected chi connectivity index (χ3v) is 5.52. The van der Waals surface area contributed by atoms with Crippen LogP contribution in [0, 0.1) is 12.8 Å². The fourth-order valence-corrected chi connectivity index (χ4v) is 4.09. The van der Waals surface area contributed by atoms with E-state index >= 15 is 0 Å². The number of aromatic nitrogens is 1. The highest BCUT2D eigenvalue weighted by Crippen LogP contribution is 2.31. The molecule has 1 aromatic carbocycles. The third kappa shape index (κ3) is 3.73. The Labute approximate surface area is 166 Å². The molecule has 1 aliphatic heterocycles. The van der Waals surface area contributed by atoms with Gasteiger partial charge >= 0.3 is 5.97 Å². The summed E-state index contributed by atoms with van der Waals surface area (Å²) in [6.45, 7) is 10.7. The molecule has 0 radical (unpaired) electrons. The number of nitrogens with zero attached hydrogens (tertiary/aromatic N) is 2. The van der Waals surface area contributed by atoms with E-state index in [-0.39, 0.29) is 17.8 Å². The molecule has 1 aliphatic rings. The maximum Gasteiger partial charge on any atom is 0.309 e. The van der Waals surface area contributed by atoms with Crippen LogP contribution in [-0.2, 0) is 16.1 Å². The summed E-state index contributed by atoms with van der Waals surface area (Å²) < 4.78 is 12.8. The summed E-state index contributed by atoms with van der Waals surface area (Å²) >= 11 is 0. The van der Waals surface area contributed by atoms with Gasteiger partial charge in [-0.2, -0.15) is 0 Å². The van der Waals surface area contributed by atoms with Crippen LogP contribution in [0.25, 0.3) is 10.9 Å². The molecule has 0 spiro atoms. The summed E-state index contributed by atoms with van der Waals surface area (Å²) in [6, 6.07) is 6.00. The standard InChI is InChI=1S/C22H30N2O4/c1-5-24-19-9-8-17(27-6-2)14-18(19)15(4)20(24)21(25)23-12-10-16(11-13-23)22(26)28-7-3/h8-9,14,16H,5-7,10-13H2,1-4H3. The second-order valence-electron chi connectivity index (χ2n) is 7.15. The monoisotopic (exact) mass is 386 g/mol. The molecule has 0 unspecified atom stereocenters. The van der Waals surface area contributed by atoms with E-state index in [0.717, 1.165) is 34.5 Å². The van der Waals surface area contributed by atoms with E-state index in [9.17, 15) is 9.59 Å². The van der Waals surface area contributed by atoms with Crippen LogP contribution in [0.15, 0.2) is 18.2 Å². The van der Waals surface area contributed by atoms with Gasteiger partial charge < -0.3 is 18.9 Å². The number of fused-ring (bicyclic) bond motifs is 1. The first-order chi connectivity index (χ1) is 13.5. The number of carbonyl (C=O) groups excluding carboxylic acids is 2. The summed E-state index contributed by atoms with van der Waals surface area (Å²) in [5.41, 5.74) is 2.77. The Kier molecular flexibility index (Phi) is 6.27. The lowest BCUT2D eigenvalue weighted by molar-refractivity contribution is -0.149. The Morgan fingerprint density at radius 3 is 2.43 bits per heavy atom. The first-order valence-corrected chi connectivity index (χ1v) is 10.2. The minimum Gasteiger partial charge on any atom is -0.494 e. The highest BCUT2D eigenvalue weighted by atomic mass is 16.5. The topological polar surface area (TPSA) is 60.8 Å². The highest BCUT2D eigenvalue weighted by molar-refractivity contribution is 6.02. The van der Waals surface area contributed by atoms with Gasteiger partial charge in [-0.05, 0) is 64.3 Å². The zero-order valence-electron chi connectivity index (χ0n) is 17.3. The van der Waals surface area contributed by atoms with Crippen LogP contribution in [0.2, 0.25) is 0 Å². The molecule has 2 aromatic rings. The minimum atomic E-state index is -0.142. The van der Waals surface area contributed by atoms with E-state index in [4.69, 9.17) is 9.47 Å². The molecule has 1 amide bonds. The molecule has 1 fully saturated rings. The average Bonchev–Trinajstić information content (AvgIpc) is 2.99. The van der Waals surface area contributed by atoms with Crippen molar-refractivity contribution in [2.24, 2.45) is 5.92 Å². The first kappa shape index (κ1) is 20.2. The van der Waals surface area contributed by atoms with Crippen LogP contribution in [0.3, 0.4) is 0 Å². The number of carbonyl (C=O) groups is 2. The first-order valence-electron chi connectivity index (χ1n) is 10.2. The normalized spacial score (nSPS) is 15.1. The largest absolute Gasteiger partial charge is 0.494 e. The van der Waals surface area contributed by atoms with Crippen molar-refractivity contribution in [3.8, 4) is 5.75 Å². The van der Waals surface area contributed by atoms with Gasteiger partial charge in [-0.3, -0.25) is 9.59 Å². The number of piperidine rings is 1. The lowest BCUT2D eigenvalue weighted by Gasteiger charge is -2.31. The molecule has 28 heavy (non-hydrogen) atoms. The van der Waals surface area contributed by atoms with Gasteiger partial charge in [-0.1, -0.05) is 0 Å². The van der Waals surface area contributed by atoms with Crippen LogP contribution in [0.1, 0.15) is 49.7 Å². The predicted octanol–water partition coefficient (Wildman–Crippen LogP) is 3.78. The molecular formula is C22H30N2O4. The van der Waals surface area contributed by atoms with E-state index in [2.05, 4.69) is 11.5 Å². The van der Waals surface area contributed by atoms with Crippen molar-refractivity contribution in [3.63, 3.8) is 0 Å². The Morgan fingerprint density at radius 1 is 1.11 bits per heavy atom. The maximum atomic E-state index is 13.3. The molecule has 152 valence electrons. The van der Waals surface area contributed by atoms with Crippen molar-refractivity contribution in [1.29, 1.82) is 0 Å². The Hall–Kier alpha value is -2.50. The summed E-state index contributed by atoms with van der Waals surface area (Å²) in [6.07, 6.45) is 1.31. The van der Waals surface area contributed by atoms with Gasteiger partial charge in [-0.15, -0.1) is 0 Å². The fraction of sp³-hybridized carbons (Fsp3) is 0.545. The summed E-state index contributed by atoms with van der Waals surface area (Å²) in [4.78, 5) is 27.2.